The highest BCUT2D eigenvalue weighted by Gasteiger charge is 2.22. The second kappa shape index (κ2) is 30.4. The van der Waals surface area contributed by atoms with E-state index in [2.05, 4.69) is 0 Å². The molecule has 0 saturated heterocycles. The molecule has 0 aliphatic carbocycles. The molecule has 28 aromatic rings. The molecule has 0 radical (unpaired) electrons. The summed E-state index contributed by atoms with van der Waals surface area (Å²) in [6.45, 7) is 0. The third kappa shape index (κ3) is 11.8. The highest BCUT2D eigenvalue weighted by molar-refractivity contribution is 6.16. The van der Waals surface area contributed by atoms with E-state index in [-0.39, 0.29) is 139 Å². The average Bonchev–Trinajstić information content (AvgIpc) is 1.52. The van der Waals surface area contributed by atoms with E-state index < -0.39 is 273 Å². The number of nitrogens with zero attached hydrogens (tertiary/aromatic N) is 8. The zero-order chi connectivity index (χ0) is 126. The van der Waals surface area contributed by atoms with Crippen LogP contribution in [0.25, 0.3) is 220 Å². The Morgan fingerprint density at radius 2 is 0.289 bits per heavy atom. The van der Waals surface area contributed by atoms with Gasteiger partial charge in [-0.25, -0.2) is 0 Å². The third-order valence-electron chi connectivity index (χ3n) is 22.7. The Hall–Kier alpha value is -17.2. The largest absolute Gasteiger partial charge is 0.309 e. The monoisotopic (exact) mass is 1680 g/mol. The van der Waals surface area contributed by atoms with Crippen molar-refractivity contribution < 1.29 is 65.8 Å². The molecule has 28 rings (SSSR count). The zero-order valence-electron chi connectivity index (χ0n) is 114. The Labute approximate surface area is 804 Å². The number of hydrogen-bond acceptors (Lipinski definition) is 0. The lowest BCUT2D eigenvalue weighted by Crippen LogP contribution is -1.98. The quantitative estimate of drug-likeness (QED) is 0.145. The molecule has 0 atom stereocenters. The molecular formula is C120H80N8. The fourth-order valence-electron chi connectivity index (χ4n) is 17.5. The van der Waals surface area contributed by atoms with Crippen LogP contribution in [0.5, 0.6) is 0 Å². The molecule has 0 bridgehead atoms. The molecule has 0 spiro atoms. The van der Waals surface area contributed by atoms with E-state index in [1.807, 2.05) is 106 Å². The predicted octanol–water partition coefficient (Wildman–Crippen LogP) is 31.5. The van der Waals surface area contributed by atoms with Gasteiger partial charge >= 0.3 is 0 Å². The highest BCUT2D eigenvalue weighted by Crippen LogP contribution is 2.43. The number of fused-ring (bicyclic) bond motifs is 24. The number of para-hydroxylation sites is 16. The summed E-state index contributed by atoms with van der Waals surface area (Å²) in [6, 6.07) is 33.1. The normalized spacial score (nSPS) is 17.0. The van der Waals surface area contributed by atoms with Crippen LogP contribution in [0.2, 0.25) is 0 Å². The van der Waals surface area contributed by atoms with Crippen molar-refractivity contribution in [2.45, 2.75) is 0 Å². The SMILES string of the molecule is [2H]c1c([2H])c(-n2c3c([2H])c([2H])c([2H])c([2H])c3c3c([2H])c([2H])c([2H])c([2H])c32)c([2H])c(-n2c3c([2H])c([2H])c([2H])c([2H])c3c3c([2H])c([2H])c([2H])c([2H])c32)c1[2H].[2H]c1c([2H])c(-n2c3ccccc3c3ccccc32)c([2H])c(-n2c3ccccc3c3ccccc32)c1[2H].[2H]c1c([2H])c([2H])c2c(c1[2H])c1c([2H])c([2H])c([2H])c([2H])c1n2-c1cccc(-n2c3c([2H])c([2H])c([2H])c([2H])c3c3c([2H])c([2H])c([2H])c([2H])c32)c1.[2H]c1ccc2c(c1)c1cc([2H])ccc1n2-c1c([2H])c([2H])c([2H])c(-n2c3ccc([2H])cc3c3cc([2H])ccc32)c1[2H]. The van der Waals surface area contributed by atoms with Gasteiger partial charge in [-0.3, -0.25) is 0 Å². The Balaban J connectivity index is 0.000000118. The van der Waals surface area contributed by atoms with Gasteiger partial charge in [-0.2, -0.15) is 0 Å². The van der Waals surface area contributed by atoms with Crippen molar-refractivity contribution in [2.75, 3.05) is 0 Å². The molecule has 0 aliphatic heterocycles. The van der Waals surface area contributed by atoms with Crippen LogP contribution < -0.4 is 0 Å². The third-order valence-corrected chi connectivity index (χ3v) is 22.7. The molecule has 20 aromatic carbocycles. The summed E-state index contributed by atoms with van der Waals surface area (Å²) >= 11 is 0. The fourth-order valence-corrected chi connectivity index (χ4v) is 17.5. The van der Waals surface area contributed by atoms with Crippen LogP contribution >= 0.6 is 0 Å². The number of aromatic nitrogens is 8. The van der Waals surface area contributed by atoms with Gasteiger partial charge in [-0.05, 0) is 169 Å². The second-order valence-corrected chi connectivity index (χ2v) is 29.4. The predicted molar refractivity (Wildman–Crippen MR) is 540 cm³/mol. The first-order valence-electron chi connectivity index (χ1n) is 63.9. The minimum absolute atomic E-state index is 0.0546. The van der Waals surface area contributed by atoms with Crippen LogP contribution in [0.4, 0.5) is 0 Å². The molecule has 0 N–H and O–H groups in total. The molecular weight excluding hydrogens is 1550 g/mol. The van der Waals surface area contributed by atoms with E-state index in [0.29, 0.717) is 55.0 Å². The van der Waals surface area contributed by atoms with Crippen LogP contribution in [0, 0.1) is 0 Å². The molecule has 128 heavy (non-hydrogen) atoms. The molecule has 8 heterocycles. The van der Waals surface area contributed by atoms with Gasteiger partial charge in [0.2, 0.25) is 0 Å². The summed E-state index contributed by atoms with van der Waals surface area (Å²) < 4.78 is 426. The van der Waals surface area contributed by atoms with E-state index in [0.717, 1.165) is 52.7 Å². The van der Waals surface area contributed by atoms with E-state index in [4.69, 9.17) is 61.7 Å². The van der Waals surface area contributed by atoms with Gasteiger partial charge in [0.25, 0.3) is 0 Å². The lowest BCUT2D eigenvalue weighted by molar-refractivity contribution is 1.13. The van der Waals surface area contributed by atoms with Crippen LogP contribution in [-0.2, 0) is 0 Å². The van der Waals surface area contributed by atoms with Gasteiger partial charge < -0.3 is 36.5 Å². The molecule has 0 amide bonds. The van der Waals surface area contributed by atoms with Gasteiger partial charge in [-0.15, -0.1) is 0 Å². The Kier molecular flexibility index (Phi) is 9.49. The summed E-state index contributed by atoms with van der Waals surface area (Å²) in [5.74, 6) is 0. The summed E-state index contributed by atoms with van der Waals surface area (Å²) in [5.41, 5.74) is 3.16. The van der Waals surface area contributed by atoms with Crippen LogP contribution in [-0.4, -0.2) is 36.5 Å². The van der Waals surface area contributed by atoms with Crippen molar-refractivity contribution in [1.82, 2.24) is 36.5 Å². The minimum Gasteiger partial charge on any atom is -0.309 e. The zero-order valence-corrected chi connectivity index (χ0v) is 66.1. The molecule has 0 aliphatic rings. The van der Waals surface area contributed by atoms with Crippen molar-refractivity contribution in [3.63, 3.8) is 0 Å². The van der Waals surface area contributed by atoms with Crippen LogP contribution in [0.1, 0.15) is 65.8 Å². The first kappa shape index (κ1) is 40.0. The standard InChI is InChI=1S/4C30H20N2/c4*1-5-16-27-23(12-1)24-13-2-6-17-28(24)31(27)21-10-9-11-22(20-21)32-29-18-7-3-14-25(29)26-15-4-8-19-30(26)32/h4*1-20H/i1D,2D,3D,4D,5D,6D,7D,8D,9D,10D,11D,12D,13D,14D,15D,16D,17D,18D,19D,20D;1D,2D,3D,4D,5D,6D,7D,8D,12D,13D,14D,15D,16D,17D,18D,19D;1D,2D,3D,4D,9D,10D,11D,20D;9D,10D,11D,20D. The van der Waals surface area contributed by atoms with Crippen molar-refractivity contribution >= 4 is 174 Å². The lowest BCUT2D eigenvalue weighted by atomic mass is 10.2. The summed E-state index contributed by atoms with van der Waals surface area (Å²) in [5, 5.41) is 4.76. The topological polar surface area (TPSA) is 39.4 Å². The van der Waals surface area contributed by atoms with Crippen molar-refractivity contribution in [3.8, 4) is 45.5 Å². The maximum atomic E-state index is 9.53. The Morgan fingerprint density at radius 3 is 0.508 bits per heavy atom. The first-order chi connectivity index (χ1) is 83.5. The maximum Gasteiger partial charge on any atom is 0.0667 e. The van der Waals surface area contributed by atoms with Gasteiger partial charge in [0.1, 0.15) is 0 Å². The summed E-state index contributed by atoms with van der Waals surface area (Å²) in [4.78, 5) is 0. The summed E-state index contributed by atoms with van der Waals surface area (Å²) in [7, 11) is 0. The van der Waals surface area contributed by atoms with E-state index >= 15 is 0 Å². The molecule has 0 fully saturated rings. The molecule has 0 saturated carbocycles. The number of rotatable bonds is 8. The van der Waals surface area contributed by atoms with Gasteiger partial charge in [0.15, 0.2) is 0 Å². The van der Waals surface area contributed by atoms with Gasteiger partial charge in [0, 0.05) is 132 Å². The average molecular weight is 1680 g/mol. The maximum absolute atomic E-state index is 9.53. The van der Waals surface area contributed by atoms with Crippen LogP contribution in [0.15, 0.2) is 484 Å². The van der Waals surface area contributed by atoms with Crippen molar-refractivity contribution in [3.05, 3.63) is 484 Å². The van der Waals surface area contributed by atoms with Crippen molar-refractivity contribution in [2.24, 2.45) is 0 Å². The molecule has 600 valence electrons. The molecule has 8 heteroatoms. The Bertz CT molecular complexity index is 11200. The second-order valence-electron chi connectivity index (χ2n) is 29.4. The molecule has 8 nitrogen and oxygen atoms in total. The van der Waals surface area contributed by atoms with E-state index in [1.165, 1.54) is 33.4 Å². The van der Waals surface area contributed by atoms with Gasteiger partial charge in [0.05, 0.1) is 154 Å². The lowest BCUT2D eigenvalue weighted by Gasteiger charge is -2.12. The van der Waals surface area contributed by atoms with E-state index in [9.17, 15) is 4.11 Å². The highest BCUT2D eigenvalue weighted by atomic mass is 15.1. The smallest absolute Gasteiger partial charge is 0.0667 e. The molecule has 8 aromatic heterocycles. The minimum atomic E-state index is -0.936. The van der Waals surface area contributed by atoms with Gasteiger partial charge in [-0.1, -0.05) is 315 Å². The number of benzene rings is 20. The van der Waals surface area contributed by atoms with Crippen LogP contribution in [0.3, 0.4) is 0 Å². The first-order valence-corrected chi connectivity index (χ1v) is 39.9. The molecule has 0 unspecified atom stereocenters. The number of hydrogen-bond donors (Lipinski definition) is 0. The fraction of sp³-hybridized carbons (Fsp3) is 0. The Morgan fingerprint density at radius 1 is 0.117 bits per heavy atom. The van der Waals surface area contributed by atoms with E-state index in [1.54, 1.807) is 81.9 Å². The van der Waals surface area contributed by atoms with Crippen molar-refractivity contribution in [1.29, 1.82) is 0 Å². The summed E-state index contributed by atoms with van der Waals surface area (Å²) in [6.07, 6.45) is 0.